The van der Waals surface area contributed by atoms with Gasteiger partial charge >= 0.3 is 0 Å². The molecule has 0 spiro atoms. The van der Waals surface area contributed by atoms with E-state index < -0.39 is 10.0 Å². The van der Waals surface area contributed by atoms with Gasteiger partial charge in [-0.25, -0.2) is 8.42 Å². The molecule has 1 aliphatic heterocycles. The zero-order valence-corrected chi connectivity index (χ0v) is 13.6. The van der Waals surface area contributed by atoms with Crippen LogP contribution in [0.2, 0.25) is 0 Å². The van der Waals surface area contributed by atoms with Crippen LogP contribution in [0.15, 0.2) is 29.2 Å². The van der Waals surface area contributed by atoms with E-state index >= 15 is 0 Å². The summed E-state index contributed by atoms with van der Waals surface area (Å²) in [4.78, 5) is 24.7. The number of carbonyl (C=O) groups is 2. The van der Waals surface area contributed by atoms with Crippen molar-refractivity contribution in [1.29, 1.82) is 0 Å². The van der Waals surface area contributed by atoms with Gasteiger partial charge in [-0.05, 0) is 19.1 Å². The number of carbonyl (C=O) groups excluding carboxylic acids is 2. The van der Waals surface area contributed by atoms with E-state index in [4.69, 9.17) is 0 Å². The fourth-order valence-corrected chi connectivity index (χ4v) is 3.83. The standard InChI is InChI=1S/C15H20N2O4S/c1-3-15(19)16-8-10-17(11-9-16)22(20,21)14-6-4-13(5-7-14)12(2)18/h4-7H,3,8-11H2,1-2H3. The first kappa shape index (κ1) is 16.6. The molecule has 1 aromatic carbocycles. The minimum Gasteiger partial charge on any atom is -0.340 e. The molecular formula is C15H20N2O4S. The van der Waals surface area contributed by atoms with Crippen LogP contribution in [0.3, 0.4) is 0 Å². The third-order valence-electron chi connectivity index (χ3n) is 3.79. The van der Waals surface area contributed by atoms with Gasteiger partial charge in [0, 0.05) is 38.2 Å². The Morgan fingerprint density at radius 3 is 2.05 bits per heavy atom. The van der Waals surface area contributed by atoms with E-state index in [-0.39, 0.29) is 16.6 Å². The van der Waals surface area contributed by atoms with E-state index in [0.29, 0.717) is 38.2 Å². The zero-order chi connectivity index (χ0) is 16.3. The fraction of sp³-hybridized carbons (Fsp3) is 0.467. The van der Waals surface area contributed by atoms with Gasteiger partial charge in [-0.1, -0.05) is 19.1 Å². The summed E-state index contributed by atoms with van der Waals surface area (Å²) in [6, 6.07) is 5.95. The molecule has 22 heavy (non-hydrogen) atoms. The lowest BCUT2D eigenvalue weighted by molar-refractivity contribution is -0.132. The predicted molar refractivity (Wildman–Crippen MR) is 82.1 cm³/mol. The molecule has 1 fully saturated rings. The molecule has 1 aliphatic rings. The first-order valence-electron chi connectivity index (χ1n) is 7.25. The smallest absolute Gasteiger partial charge is 0.243 e. The van der Waals surface area contributed by atoms with Crippen molar-refractivity contribution in [2.45, 2.75) is 25.2 Å². The van der Waals surface area contributed by atoms with Crippen molar-refractivity contribution in [1.82, 2.24) is 9.21 Å². The molecule has 0 aromatic heterocycles. The third kappa shape index (κ3) is 3.36. The maximum absolute atomic E-state index is 12.6. The van der Waals surface area contributed by atoms with Crippen molar-refractivity contribution in [3.8, 4) is 0 Å². The summed E-state index contributed by atoms with van der Waals surface area (Å²) in [5, 5.41) is 0. The molecule has 1 saturated heterocycles. The fourth-order valence-electron chi connectivity index (χ4n) is 2.41. The van der Waals surface area contributed by atoms with Crippen LogP contribution in [0.1, 0.15) is 30.6 Å². The SMILES string of the molecule is CCC(=O)N1CCN(S(=O)(=O)c2ccc(C(C)=O)cc2)CC1. The van der Waals surface area contributed by atoms with Crippen LogP contribution in [0.5, 0.6) is 0 Å². The highest BCUT2D eigenvalue weighted by Crippen LogP contribution is 2.18. The van der Waals surface area contributed by atoms with E-state index in [0.717, 1.165) is 0 Å². The lowest BCUT2D eigenvalue weighted by atomic mass is 10.2. The Morgan fingerprint density at radius 2 is 1.59 bits per heavy atom. The van der Waals surface area contributed by atoms with Crippen LogP contribution in [-0.4, -0.2) is 55.5 Å². The number of benzene rings is 1. The average molecular weight is 324 g/mol. The Kier molecular flexibility index (Phi) is 4.97. The number of hydrogen-bond donors (Lipinski definition) is 0. The van der Waals surface area contributed by atoms with Gasteiger partial charge in [-0.3, -0.25) is 9.59 Å². The van der Waals surface area contributed by atoms with Crippen LogP contribution < -0.4 is 0 Å². The summed E-state index contributed by atoms with van der Waals surface area (Å²) in [5.41, 5.74) is 0.484. The minimum absolute atomic E-state index is 0.0443. The lowest BCUT2D eigenvalue weighted by Gasteiger charge is -2.33. The number of sulfonamides is 1. The number of rotatable bonds is 4. The lowest BCUT2D eigenvalue weighted by Crippen LogP contribution is -2.50. The topological polar surface area (TPSA) is 74.8 Å². The molecular weight excluding hydrogens is 304 g/mol. The van der Waals surface area contributed by atoms with Gasteiger partial charge in [0.25, 0.3) is 0 Å². The van der Waals surface area contributed by atoms with Crippen molar-refractivity contribution in [2.24, 2.45) is 0 Å². The Bertz CT molecular complexity index is 659. The first-order valence-corrected chi connectivity index (χ1v) is 8.69. The molecule has 7 heteroatoms. The number of ketones is 1. The highest BCUT2D eigenvalue weighted by atomic mass is 32.2. The Balaban J connectivity index is 2.11. The van der Waals surface area contributed by atoms with Crippen molar-refractivity contribution in [2.75, 3.05) is 26.2 Å². The molecule has 120 valence electrons. The van der Waals surface area contributed by atoms with Crippen molar-refractivity contribution < 1.29 is 18.0 Å². The summed E-state index contributed by atoms with van der Waals surface area (Å²) in [6.45, 7) is 4.65. The molecule has 6 nitrogen and oxygen atoms in total. The average Bonchev–Trinajstić information content (AvgIpc) is 2.54. The Labute approximate surface area is 130 Å². The molecule has 2 rings (SSSR count). The molecule has 1 heterocycles. The van der Waals surface area contributed by atoms with Gasteiger partial charge in [-0.2, -0.15) is 4.31 Å². The quantitative estimate of drug-likeness (QED) is 0.778. The molecule has 1 amide bonds. The van der Waals surface area contributed by atoms with E-state index in [1.807, 2.05) is 0 Å². The second-order valence-corrected chi connectivity index (χ2v) is 7.16. The molecule has 0 unspecified atom stereocenters. The minimum atomic E-state index is -3.58. The normalized spacial score (nSPS) is 16.5. The van der Waals surface area contributed by atoms with Crippen LogP contribution >= 0.6 is 0 Å². The number of nitrogens with zero attached hydrogens (tertiary/aromatic N) is 2. The number of Topliss-reactive ketones (excluding diaryl/α,β-unsaturated/α-hetero) is 1. The molecule has 1 aromatic rings. The predicted octanol–water partition coefficient (Wildman–Crippen LogP) is 1.13. The monoisotopic (exact) mass is 324 g/mol. The third-order valence-corrected chi connectivity index (χ3v) is 5.71. The van der Waals surface area contributed by atoms with Crippen LogP contribution in [-0.2, 0) is 14.8 Å². The Morgan fingerprint density at radius 1 is 1.05 bits per heavy atom. The summed E-state index contributed by atoms with van der Waals surface area (Å²) in [6.07, 6.45) is 0.430. The summed E-state index contributed by atoms with van der Waals surface area (Å²) in [7, 11) is -3.58. The van der Waals surface area contributed by atoms with Crippen molar-refractivity contribution in [3.63, 3.8) is 0 Å². The van der Waals surface area contributed by atoms with Crippen LogP contribution in [0, 0.1) is 0 Å². The van der Waals surface area contributed by atoms with E-state index in [2.05, 4.69) is 0 Å². The van der Waals surface area contributed by atoms with E-state index in [9.17, 15) is 18.0 Å². The van der Waals surface area contributed by atoms with Gasteiger partial charge in [0.05, 0.1) is 4.90 Å². The van der Waals surface area contributed by atoms with E-state index in [1.165, 1.54) is 35.5 Å². The number of piperazine rings is 1. The molecule has 0 saturated carbocycles. The van der Waals surface area contributed by atoms with Crippen LogP contribution in [0.25, 0.3) is 0 Å². The second kappa shape index (κ2) is 6.58. The number of amides is 1. The van der Waals surface area contributed by atoms with Crippen LogP contribution in [0.4, 0.5) is 0 Å². The molecule has 0 radical (unpaired) electrons. The molecule has 0 bridgehead atoms. The molecule has 0 N–H and O–H groups in total. The highest BCUT2D eigenvalue weighted by Gasteiger charge is 2.29. The summed E-state index contributed by atoms with van der Waals surface area (Å²) < 4.78 is 26.5. The first-order chi connectivity index (χ1) is 10.4. The van der Waals surface area contributed by atoms with Crippen molar-refractivity contribution in [3.05, 3.63) is 29.8 Å². The van der Waals surface area contributed by atoms with Gasteiger partial charge in [0.15, 0.2) is 5.78 Å². The van der Waals surface area contributed by atoms with Crippen molar-refractivity contribution >= 4 is 21.7 Å². The van der Waals surface area contributed by atoms with Gasteiger partial charge in [-0.15, -0.1) is 0 Å². The molecule has 0 atom stereocenters. The highest BCUT2D eigenvalue weighted by molar-refractivity contribution is 7.89. The van der Waals surface area contributed by atoms with Gasteiger partial charge in [0.1, 0.15) is 0 Å². The Hall–Kier alpha value is -1.73. The maximum Gasteiger partial charge on any atom is 0.243 e. The summed E-state index contributed by atoms with van der Waals surface area (Å²) >= 11 is 0. The number of hydrogen-bond acceptors (Lipinski definition) is 4. The maximum atomic E-state index is 12.6. The van der Waals surface area contributed by atoms with Gasteiger partial charge < -0.3 is 4.90 Å². The van der Waals surface area contributed by atoms with E-state index in [1.54, 1.807) is 11.8 Å². The summed E-state index contributed by atoms with van der Waals surface area (Å²) in [5.74, 6) is -0.0569. The zero-order valence-electron chi connectivity index (χ0n) is 12.8. The molecule has 0 aliphatic carbocycles. The largest absolute Gasteiger partial charge is 0.340 e. The second-order valence-electron chi connectivity index (χ2n) is 5.22. The van der Waals surface area contributed by atoms with Gasteiger partial charge in [0.2, 0.25) is 15.9 Å².